The van der Waals surface area contributed by atoms with E-state index >= 15 is 0 Å². The van der Waals surface area contributed by atoms with Crippen LogP contribution in [0, 0.1) is 0 Å². The number of amides is 2. The second kappa shape index (κ2) is 11.3. The lowest BCUT2D eigenvalue weighted by atomic mass is 10.2. The maximum Gasteiger partial charge on any atom is 0.251 e. The highest BCUT2D eigenvalue weighted by molar-refractivity contribution is 5.97. The molecule has 2 fully saturated rings. The number of hydrogen-bond acceptors (Lipinski definition) is 5. The minimum absolute atomic E-state index is 0. The van der Waals surface area contributed by atoms with Crippen molar-refractivity contribution < 1.29 is 14.3 Å². The first kappa shape index (κ1) is 23.5. The molecule has 2 aliphatic rings. The van der Waals surface area contributed by atoms with E-state index in [1.54, 1.807) is 6.92 Å². The number of nitrogens with one attached hydrogen (secondary N) is 3. The summed E-state index contributed by atoms with van der Waals surface area (Å²) in [5.74, 6) is -0.503. The molecule has 2 unspecified atom stereocenters. The van der Waals surface area contributed by atoms with E-state index in [0.717, 1.165) is 31.0 Å². The van der Waals surface area contributed by atoms with Gasteiger partial charge in [-0.05, 0) is 38.0 Å². The van der Waals surface area contributed by atoms with Gasteiger partial charge in [0.1, 0.15) is 12.1 Å². The van der Waals surface area contributed by atoms with Gasteiger partial charge in [0.15, 0.2) is 0 Å². The van der Waals surface area contributed by atoms with Crippen LogP contribution >= 0.6 is 24.8 Å². The van der Waals surface area contributed by atoms with Gasteiger partial charge >= 0.3 is 0 Å². The number of rotatable bonds is 5. The monoisotopic (exact) mass is 418 g/mol. The second-order valence-electron chi connectivity index (χ2n) is 6.53. The molecule has 2 amide bonds. The van der Waals surface area contributed by atoms with Crippen molar-refractivity contribution in [2.75, 3.05) is 43.0 Å². The maximum absolute atomic E-state index is 12.4. The molecule has 0 aromatic heterocycles. The van der Waals surface area contributed by atoms with Gasteiger partial charge in [-0.3, -0.25) is 9.59 Å². The molecule has 2 heterocycles. The van der Waals surface area contributed by atoms with Gasteiger partial charge in [0.2, 0.25) is 5.91 Å². The van der Waals surface area contributed by atoms with Crippen LogP contribution in [0.3, 0.4) is 0 Å². The van der Waals surface area contributed by atoms with Crippen molar-refractivity contribution in [3.63, 3.8) is 0 Å². The summed E-state index contributed by atoms with van der Waals surface area (Å²) in [4.78, 5) is 26.8. The van der Waals surface area contributed by atoms with Crippen molar-refractivity contribution in [2.24, 2.45) is 0 Å². The Kier molecular flexibility index (Phi) is 9.87. The molecule has 7 nitrogen and oxygen atoms in total. The van der Waals surface area contributed by atoms with E-state index in [9.17, 15) is 9.59 Å². The number of carbonyl (C=O) groups is 2. The van der Waals surface area contributed by atoms with Crippen molar-refractivity contribution in [3.05, 3.63) is 24.3 Å². The van der Waals surface area contributed by atoms with Crippen LogP contribution in [-0.4, -0.2) is 56.7 Å². The van der Waals surface area contributed by atoms with Crippen molar-refractivity contribution in [1.29, 1.82) is 0 Å². The Hall–Kier alpha value is -1.54. The van der Waals surface area contributed by atoms with Crippen LogP contribution in [0.2, 0.25) is 0 Å². The van der Waals surface area contributed by atoms with Gasteiger partial charge in [0, 0.05) is 37.6 Å². The smallest absolute Gasteiger partial charge is 0.251 e. The summed E-state index contributed by atoms with van der Waals surface area (Å²) in [6, 6.07) is 7.20. The molecule has 2 saturated heterocycles. The molecule has 0 aliphatic carbocycles. The molecule has 1 aromatic rings. The number of carbonyl (C=O) groups excluding carboxylic acids is 2. The summed E-state index contributed by atoms with van der Waals surface area (Å²) in [6.45, 7) is 5.50. The number of benzene rings is 1. The van der Waals surface area contributed by atoms with Crippen LogP contribution in [0.4, 0.5) is 11.4 Å². The molecule has 0 radical (unpaired) electrons. The van der Waals surface area contributed by atoms with Gasteiger partial charge < -0.3 is 25.6 Å². The fraction of sp³-hybridized carbons (Fsp3) is 0.556. The van der Waals surface area contributed by atoms with Crippen molar-refractivity contribution in [1.82, 2.24) is 10.6 Å². The molecule has 1 aromatic carbocycles. The number of halogens is 2. The van der Waals surface area contributed by atoms with Crippen LogP contribution in [0.25, 0.3) is 0 Å². The van der Waals surface area contributed by atoms with Crippen LogP contribution in [0.15, 0.2) is 24.3 Å². The lowest BCUT2D eigenvalue weighted by Gasteiger charge is -2.24. The number of nitrogens with zero attached hydrogens (tertiary/aromatic N) is 1. The lowest BCUT2D eigenvalue weighted by Crippen LogP contribution is -2.52. The number of hydrogen-bond donors (Lipinski definition) is 3. The molecule has 2 atom stereocenters. The first-order chi connectivity index (χ1) is 12.1. The minimum atomic E-state index is -0.631. The van der Waals surface area contributed by atoms with Gasteiger partial charge in [-0.2, -0.15) is 0 Å². The van der Waals surface area contributed by atoms with E-state index < -0.39 is 12.1 Å². The van der Waals surface area contributed by atoms with Gasteiger partial charge in [-0.15, -0.1) is 24.8 Å². The van der Waals surface area contributed by atoms with E-state index in [4.69, 9.17) is 4.74 Å². The predicted molar refractivity (Wildman–Crippen MR) is 111 cm³/mol. The molecule has 3 N–H and O–H groups in total. The quantitative estimate of drug-likeness (QED) is 0.675. The standard InChI is InChI=1S/C18H26N4O3.2ClH/c1-13(20-18(24)16-12-19-7-10-25-16)17(23)21-14-5-4-6-15(11-14)22-8-2-3-9-22;;/h4-6,11,13,16,19H,2-3,7-10,12H2,1H3,(H,20,24)(H,21,23);2*1H. The van der Waals surface area contributed by atoms with Crippen LogP contribution in [0.1, 0.15) is 19.8 Å². The summed E-state index contributed by atoms with van der Waals surface area (Å²) >= 11 is 0. The average molecular weight is 419 g/mol. The third kappa shape index (κ3) is 6.53. The van der Waals surface area contributed by atoms with E-state index in [2.05, 4.69) is 26.9 Å². The molecular weight excluding hydrogens is 391 g/mol. The topological polar surface area (TPSA) is 82.7 Å². The second-order valence-corrected chi connectivity index (χ2v) is 6.53. The van der Waals surface area contributed by atoms with Crippen LogP contribution in [0.5, 0.6) is 0 Å². The first-order valence-corrected chi connectivity index (χ1v) is 8.92. The zero-order valence-corrected chi connectivity index (χ0v) is 17.0. The molecule has 9 heteroatoms. The molecule has 0 saturated carbocycles. The van der Waals surface area contributed by atoms with Gasteiger partial charge in [-0.1, -0.05) is 6.07 Å². The van der Waals surface area contributed by atoms with Gasteiger partial charge in [0.25, 0.3) is 5.91 Å². The molecule has 27 heavy (non-hydrogen) atoms. The Labute approximate surface area is 172 Å². The zero-order chi connectivity index (χ0) is 17.6. The van der Waals surface area contributed by atoms with Crippen molar-refractivity contribution in [2.45, 2.75) is 31.9 Å². The highest BCUT2D eigenvalue weighted by atomic mass is 35.5. The molecule has 3 rings (SSSR count). The van der Waals surface area contributed by atoms with Crippen molar-refractivity contribution >= 4 is 48.0 Å². The molecule has 0 bridgehead atoms. The Balaban J connectivity index is 0.00000182. The summed E-state index contributed by atoms with van der Waals surface area (Å²) in [7, 11) is 0. The fourth-order valence-electron chi connectivity index (χ4n) is 3.11. The Morgan fingerprint density at radius 2 is 2.00 bits per heavy atom. The zero-order valence-electron chi connectivity index (χ0n) is 15.4. The number of anilines is 2. The number of ether oxygens (including phenoxy) is 1. The summed E-state index contributed by atoms with van der Waals surface area (Å²) in [5.41, 5.74) is 1.86. The van der Waals surface area contributed by atoms with Crippen LogP contribution in [-0.2, 0) is 14.3 Å². The highest BCUT2D eigenvalue weighted by Gasteiger charge is 2.25. The molecule has 2 aliphatic heterocycles. The minimum Gasteiger partial charge on any atom is -0.371 e. The average Bonchev–Trinajstić information content (AvgIpc) is 3.17. The van der Waals surface area contributed by atoms with E-state index in [1.165, 1.54) is 12.8 Å². The Morgan fingerprint density at radius 3 is 2.67 bits per heavy atom. The number of morpholine rings is 1. The predicted octanol–water partition coefficient (Wildman–Crippen LogP) is 1.56. The fourth-order valence-corrected chi connectivity index (χ4v) is 3.11. The van der Waals surface area contributed by atoms with E-state index in [1.807, 2.05) is 18.2 Å². The third-order valence-corrected chi connectivity index (χ3v) is 4.56. The molecular formula is C18H28Cl2N4O3. The third-order valence-electron chi connectivity index (χ3n) is 4.56. The normalized spacial score (nSPS) is 20.0. The SMILES string of the molecule is CC(NC(=O)C1CNCCO1)C(=O)Nc1cccc(N2CCCC2)c1.Cl.Cl. The first-order valence-electron chi connectivity index (χ1n) is 8.92. The van der Waals surface area contributed by atoms with Crippen molar-refractivity contribution in [3.8, 4) is 0 Å². The Morgan fingerprint density at radius 1 is 1.26 bits per heavy atom. The highest BCUT2D eigenvalue weighted by Crippen LogP contribution is 2.23. The van der Waals surface area contributed by atoms with E-state index in [0.29, 0.717) is 13.2 Å². The van der Waals surface area contributed by atoms with Gasteiger partial charge in [-0.25, -0.2) is 0 Å². The molecule has 152 valence electrons. The van der Waals surface area contributed by atoms with E-state index in [-0.39, 0.29) is 36.6 Å². The van der Waals surface area contributed by atoms with Gasteiger partial charge in [0.05, 0.1) is 6.61 Å². The Bertz CT molecular complexity index is 620. The van der Waals surface area contributed by atoms with Crippen LogP contribution < -0.4 is 20.9 Å². The summed E-state index contributed by atoms with van der Waals surface area (Å²) < 4.78 is 5.40. The maximum atomic E-state index is 12.4. The lowest BCUT2D eigenvalue weighted by molar-refractivity contribution is -0.136. The summed E-state index contributed by atoms with van der Waals surface area (Å²) in [5, 5.41) is 8.69. The summed E-state index contributed by atoms with van der Waals surface area (Å²) in [6.07, 6.45) is 1.87. The largest absolute Gasteiger partial charge is 0.371 e. The molecule has 0 spiro atoms.